The molecule has 0 spiro atoms. The van der Waals surface area contributed by atoms with Crippen LogP contribution in [0.3, 0.4) is 0 Å². The third-order valence-corrected chi connectivity index (χ3v) is 16.2. The molecule has 0 bridgehead atoms. The molecule has 0 aromatic carbocycles. The Labute approximate surface area is 239 Å². The predicted octanol–water partition coefficient (Wildman–Crippen LogP) is 11.3. The van der Waals surface area contributed by atoms with Gasteiger partial charge in [0.1, 0.15) is 0 Å². The average molecular weight is 910 g/mol. The molecule has 8 heteroatoms. The molecule has 0 aromatic rings. The minimum absolute atomic E-state index is 0.560. The van der Waals surface area contributed by atoms with Crippen LogP contribution < -0.4 is 0 Å². The molecule has 1 saturated carbocycles. The van der Waals surface area contributed by atoms with E-state index in [1.165, 1.54) is 86.0 Å². The molecule has 6 atom stereocenters. The van der Waals surface area contributed by atoms with Crippen LogP contribution in [0.1, 0.15) is 77.0 Å². The molecule has 6 unspecified atom stereocenters. The third kappa shape index (κ3) is 12.7. The monoisotopic (exact) mass is 902 g/mol. The van der Waals surface area contributed by atoms with E-state index in [1.807, 2.05) is 0 Å². The Bertz CT molecular complexity index is 377. The van der Waals surface area contributed by atoms with E-state index >= 15 is 0 Å². The summed E-state index contributed by atoms with van der Waals surface area (Å²) < 4.78 is 2.76. The van der Waals surface area contributed by atoms with Gasteiger partial charge in [-0.1, -0.05) is 140 Å². The Morgan fingerprint density at radius 3 is 0.821 bits per heavy atom. The number of alkyl halides is 6. The van der Waals surface area contributed by atoms with E-state index in [2.05, 4.69) is 127 Å². The van der Waals surface area contributed by atoms with E-state index in [1.54, 1.807) is 0 Å². The molecule has 28 heavy (non-hydrogen) atoms. The average Bonchev–Trinajstić information content (AvgIpc) is 2.67. The van der Waals surface area contributed by atoms with Crippen molar-refractivity contribution in [1.82, 2.24) is 0 Å². The zero-order chi connectivity index (χ0) is 21.1. The van der Waals surface area contributed by atoms with Gasteiger partial charge in [-0.25, -0.2) is 0 Å². The van der Waals surface area contributed by atoms with Crippen LogP contribution in [0.15, 0.2) is 8.96 Å². The lowest BCUT2D eigenvalue weighted by molar-refractivity contribution is 0.557. The molecule has 0 N–H and O–H groups in total. The van der Waals surface area contributed by atoms with Gasteiger partial charge < -0.3 is 0 Å². The standard InChI is InChI=1S/C12H18Br6.C8H12Br2/c13-7-1-2-8(14)10(16)5-6-12(18)11(17)4-3-9(7)15;9-7-5-3-1-2-4-6-8(7)10/h7-12H,1-6H2;1-6H2. The van der Waals surface area contributed by atoms with Gasteiger partial charge in [-0.2, -0.15) is 0 Å². The Morgan fingerprint density at radius 1 is 0.393 bits per heavy atom. The molecular formula is C20H30Br8. The van der Waals surface area contributed by atoms with Gasteiger partial charge in [-0.3, -0.25) is 0 Å². The van der Waals surface area contributed by atoms with Crippen LogP contribution in [-0.2, 0) is 0 Å². The van der Waals surface area contributed by atoms with Gasteiger partial charge in [0.15, 0.2) is 0 Å². The maximum absolute atomic E-state index is 3.82. The van der Waals surface area contributed by atoms with E-state index in [9.17, 15) is 0 Å². The summed E-state index contributed by atoms with van der Waals surface area (Å²) in [4.78, 5) is 3.36. The highest BCUT2D eigenvalue weighted by Crippen LogP contribution is 2.34. The second kappa shape index (κ2) is 17.1. The Kier molecular flexibility index (Phi) is 18.1. The molecule has 2 rings (SSSR count). The number of halogens is 8. The fraction of sp³-hybridized carbons (Fsp3) is 0.900. The molecule has 166 valence electrons. The van der Waals surface area contributed by atoms with Gasteiger partial charge in [-0.15, -0.1) is 0 Å². The molecule has 0 saturated heterocycles. The summed E-state index contributed by atoms with van der Waals surface area (Å²) in [5.74, 6) is 0. The topological polar surface area (TPSA) is 0 Å². The molecular weight excluding hydrogens is 879 g/mol. The first-order valence-electron chi connectivity index (χ1n) is 10.1. The number of allylic oxidation sites excluding steroid dienone is 2. The molecule has 2 aliphatic carbocycles. The number of rotatable bonds is 0. The summed E-state index contributed by atoms with van der Waals surface area (Å²) in [5.41, 5.74) is 0. The van der Waals surface area contributed by atoms with Gasteiger partial charge >= 0.3 is 0 Å². The molecule has 0 aliphatic heterocycles. The first-order chi connectivity index (χ1) is 13.2. The first-order valence-corrected chi connectivity index (χ1v) is 17.2. The Balaban J connectivity index is 0.000000330. The maximum Gasteiger partial charge on any atom is 0.0271 e. The van der Waals surface area contributed by atoms with Crippen molar-refractivity contribution in [3.05, 3.63) is 8.96 Å². The van der Waals surface area contributed by atoms with Gasteiger partial charge in [0.25, 0.3) is 0 Å². The van der Waals surface area contributed by atoms with Crippen LogP contribution in [0.25, 0.3) is 0 Å². The van der Waals surface area contributed by atoms with Gasteiger partial charge in [0.2, 0.25) is 0 Å². The molecule has 0 amide bonds. The van der Waals surface area contributed by atoms with Crippen LogP contribution in [0.4, 0.5) is 0 Å². The Hall–Kier alpha value is 3.58. The van der Waals surface area contributed by atoms with Gasteiger partial charge in [-0.05, 0) is 64.2 Å². The lowest BCUT2D eigenvalue weighted by Crippen LogP contribution is -2.25. The molecule has 2 aliphatic rings. The summed E-state index contributed by atoms with van der Waals surface area (Å²) in [5, 5.41) is 0. The highest BCUT2D eigenvalue weighted by atomic mass is 79.9. The Morgan fingerprint density at radius 2 is 0.607 bits per heavy atom. The van der Waals surface area contributed by atoms with Crippen molar-refractivity contribution in [3.63, 3.8) is 0 Å². The summed E-state index contributed by atoms with van der Waals surface area (Å²) >= 11 is 30.0. The van der Waals surface area contributed by atoms with E-state index < -0.39 is 0 Å². The predicted molar refractivity (Wildman–Crippen MR) is 157 cm³/mol. The second-order valence-corrected chi connectivity index (χ2v) is 16.5. The zero-order valence-electron chi connectivity index (χ0n) is 16.0. The number of hydrogen-bond donors (Lipinski definition) is 0. The minimum atomic E-state index is 0.560. The van der Waals surface area contributed by atoms with Crippen molar-refractivity contribution in [2.24, 2.45) is 0 Å². The lowest BCUT2D eigenvalue weighted by atomic mass is 10.0. The van der Waals surface area contributed by atoms with Crippen LogP contribution in [-0.4, -0.2) is 29.0 Å². The normalized spacial score (nSPS) is 36.9. The smallest absolute Gasteiger partial charge is 0.0271 e. The highest BCUT2D eigenvalue weighted by Gasteiger charge is 2.25. The van der Waals surface area contributed by atoms with E-state index in [0.717, 1.165) is 0 Å². The van der Waals surface area contributed by atoms with Crippen molar-refractivity contribution in [1.29, 1.82) is 0 Å². The highest BCUT2D eigenvalue weighted by molar-refractivity contribution is 9.14. The SMILES string of the molecule is BrC1=C(Br)CCCCCC1.BrC1CCC(Br)C(Br)CCC(Br)C(Br)CCC1Br. The third-order valence-electron chi connectivity index (χ3n) is 5.17. The van der Waals surface area contributed by atoms with Crippen LogP contribution in [0.5, 0.6) is 0 Å². The van der Waals surface area contributed by atoms with Gasteiger partial charge in [0.05, 0.1) is 0 Å². The summed E-state index contributed by atoms with van der Waals surface area (Å²) in [7, 11) is 0. The summed E-state index contributed by atoms with van der Waals surface area (Å²) in [6, 6.07) is 0. The van der Waals surface area contributed by atoms with Crippen molar-refractivity contribution >= 4 is 127 Å². The first kappa shape index (κ1) is 29.6. The molecule has 0 nitrogen and oxygen atoms in total. The maximum atomic E-state index is 3.82. The van der Waals surface area contributed by atoms with E-state index in [0.29, 0.717) is 29.0 Å². The van der Waals surface area contributed by atoms with Crippen molar-refractivity contribution in [2.45, 2.75) is 106 Å². The quantitative estimate of drug-likeness (QED) is 0.213. The van der Waals surface area contributed by atoms with E-state index in [-0.39, 0.29) is 0 Å². The largest absolute Gasteiger partial charge is 0.0879 e. The molecule has 0 heterocycles. The summed E-state index contributed by atoms with van der Waals surface area (Å²) in [6.45, 7) is 0. The minimum Gasteiger partial charge on any atom is -0.0879 e. The molecule has 0 aromatic heterocycles. The molecule has 0 radical (unpaired) electrons. The van der Waals surface area contributed by atoms with Gasteiger partial charge in [0, 0.05) is 37.9 Å². The van der Waals surface area contributed by atoms with Crippen molar-refractivity contribution < 1.29 is 0 Å². The molecule has 1 fully saturated rings. The van der Waals surface area contributed by atoms with Crippen molar-refractivity contribution in [3.8, 4) is 0 Å². The summed E-state index contributed by atoms with van der Waals surface area (Å²) in [6.07, 6.45) is 15.2. The fourth-order valence-corrected chi connectivity index (χ4v) is 7.35. The van der Waals surface area contributed by atoms with Crippen LogP contribution in [0.2, 0.25) is 0 Å². The number of hydrogen-bond acceptors (Lipinski definition) is 0. The van der Waals surface area contributed by atoms with E-state index in [4.69, 9.17) is 0 Å². The second-order valence-electron chi connectivity index (χ2n) is 7.55. The lowest BCUT2D eigenvalue weighted by Gasteiger charge is -2.25. The zero-order valence-corrected chi connectivity index (χ0v) is 28.7. The fourth-order valence-electron chi connectivity index (χ4n) is 3.23. The van der Waals surface area contributed by atoms with Crippen LogP contribution >= 0.6 is 127 Å². The van der Waals surface area contributed by atoms with Crippen LogP contribution in [0, 0.1) is 0 Å². The van der Waals surface area contributed by atoms with Crippen molar-refractivity contribution in [2.75, 3.05) is 0 Å².